The fraction of sp³-hybridized carbons (Fsp3) is 0.500. The second-order valence-corrected chi connectivity index (χ2v) is 2.67. The highest BCUT2D eigenvalue weighted by Crippen LogP contribution is 2.12. The van der Waals surface area contributed by atoms with Crippen molar-refractivity contribution in [3.05, 3.63) is 17.6 Å². The number of aryl methyl sites for hydroxylation is 1. The number of nitrogens with zero attached hydrogens (tertiary/aromatic N) is 2. The van der Waals surface area contributed by atoms with Gasteiger partial charge < -0.3 is 10.5 Å². The van der Waals surface area contributed by atoms with Crippen LogP contribution in [0.4, 0.5) is 0 Å². The van der Waals surface area contributed by atoms with Gasteiger partial charge in [0.25, 0.3) is 0 Å². The molecule has 0 saturated heterocycles. The summed E-state index contributed by atoms with van der Waals surface area (Å²) >= 11 is 0. The number of nitrogens with two attached hydrogens (primary N) is 1. The van der Waals surface area contributed by atoms with Crippen molar-refractivity contribution in [3.63, 3.8) is 0 Å². The molecule has 0 fully saturated rings. The van der Waals surface area contributed by atoms with Crippen LogP contribution in [0.15, 0.2) is 6.07 Å². The normalized spacial score (nSPS) is 12.7. The molecule has 0 aliphatic heterocycles. The first kappa shape index (κ1) is 8.93. The first-order valence-electron chi connectivity index (χ1n) is 3.78. The van der Waals surface area contributed by atoms with Crippen molar-refractivity contribution < 1.29 is 4.74 Å². The largest absolute Gasteiger partial charge is 0.481 e. The van der Waals surface area contributed by atoms with E-state index in [1.165, 1.54) is 0 Å². The van der Waals surface area contributed by atoms with E-state index in [1.54, 1.807) is 13.2 Å². The van der Waals surface area contributed by atoms with Crippen LogP contribution in [0.1, 0.15) is 24.5 Å². The first-order valence-corrected chi connectivity index (χ1v) is 3.78. The van der Waals surface area contributed by atoms with Gasteiger partial charge in [-0.2, -0.15) is 4.98 Å². The molecule has 12 heavy (non-hydrogen) atoms. The number of methoxy groups -OCH3 is 1. The lowest BCUT2D eigenvalue weighted by molar-refractivity contribution is 0.394. The molecule has 1 atom stereocenters. The highest BCUT2D eigenvalue weighted by Gasteiger charge is 2.04. The summed E-state index contributed by atoms with van der Waals surface area (Å²) in [6.45, 7) is 3.69. The van der Waals surface area contributed by atoms with E-state index in [9.17, 15) is 0 Å². The average Bonchev–Trinajstić information content (AvgIpc) is 2.03. The lowest BCUT2D eigenvalue weighted by Gasteiger charge is -2.06. The summed E-state index contributed by atoms with van der Waals surface area (Å²) in [5.41, 5.74) is 6.47. The molecule has 1 unspecified atom stereocenters. The zero-order chi connectivity index (χ0) is 9.14. The van der Waals surface area contributed by atoms with Gasteiger partial charge in [-0.3, -0.25) is 0 Å². The van der Waals surface area contributed by atoms with Gasteiger partial charge in [-0.25, -0.2) is 4.98 Å². The average molecular weight is 167 g/mol. The van der Waals surface area contributed by atoms with Crippen molar-refractivity contribution in [2.75, 3.05) is 7.11 Å². The van der Waals surface area contributed by atoms with Crippen LogP contribution in [0.5, 0.6) is 5.88 Å². The van der Waals surface area contributed by atoms with Crippen LogP contribution >= 0.6 is 0 Å². The van der Waals surface area contributed by atoms with Gasteiger partial charge in [0.05, 0.1) is 12.8 Å². The Balaban J connectivity index is 3.06. The van der Waals surface area contributed by atoms with Crippen LogP contribution in [-0.2, 0) is 0 Å². The van der Waals surface area contributed by atoms with E-state index in [1.807, 2.05) is 13.8 Å². The summed E-state index contributed by atoms with van der Waals surface area (Å²) in [5.74, 6) is 1.25. The van der Waals surface area contributed by atoms with Crippen molar-refractivity contribution >= 4 is 0 Å². The fourth-order valence-electron chi connectivity index (χ4n) is 0.900. The van der Waals surface area contributed by atoms with Crippen LogP contribution in [-0.4, -0.2) is 17.1 Å². The van der Waals surface area contributed by atoms with Gasteiger partial charge in [-0.1, -0.05) is 0 Å². The Kier molecular flexibility index (Phi) is 2.60. The third-order valence-electron chi connectivity index (χ3n) is 1.51. The molecule has 0 bridgehead atoms. The summed E-state index contributed by atoms with van der Waals surface area (Å²) in [4.78, 5) is 8.21. The van der Waals surface area contributed by atoms with Crippen molar-refractivity contribution in [2.24, 2.45) is 5.73 Å². The highest BCUT2D eigenvalue weighted by molar-refractivity contribution is 5.17. The Morgan fingerprint density at radius 1 is 1.50 bits per heavy atom. The van der Waals surface area contributed by atoms with E-state index in [0.29, 0.717) is 11.7 Å². The lowest BCUT2D eigenvalue weighted by Crippen LogP contribution is -2.09. The maximum atomic E-state index is 5.66. The number of hydrogen-bond donors (Lipinski definition) is 1. The number of rotatable bonds is 2. The summed E-state index contributed by atoms with van der Waals surface area (Å²) < 4.78 is 4.98. The predicted molar refractivity (Wildman–Crippen MR) is 45.9 cm³/mol. The van der Waals surface area contributed by atoms with E-state index >= 15 is 0 Å². The van der Waals surface area contributed by atoms with Gasteiger partial charge in [0, 0.05) is 12.1 Å². The first-order chi connectivity index (χ1) is 5.63. The molecule has 1 rings (SSSR count). The van der Waals surface area contributed by atoms with Gasteiger partial charge in [-0.05, 0) is 13.8 Å². The van der Waals surface area contributed by atoms with Crippen molar-refractivity contribution in [2.45, 2.75) is 19.9 Å². The fourth-order valence-corrected chi connectivity index (χ4v) is 0.900. The molecule has 1 aromatic heterocycles. The second kappa shape index (κ2) is 3.49. The maximum absolute atomic E-state index is 5.66. The molecule has 66 valence electrons. The molecule has 1 aromatic rings. The van der Waals surface area contributed by atoms with Crippen LogP contribution < -0.4 is 10.5 Å². The molecule has 0 aliphatic rings. The number of aromatic nitrogens is 2. The molecule has 2 N–H and O–H groups in total. The molecule has 0 radical (unpaired) electrons. The highest BCUT2D eigenvalue weighted by atomic mass is 16.5. The molecule has 0 amide bonds. The Bertz CT molecular complexity index is 273. The van der Waals surface area contributed by atoms with E-state index in [2.05, 4.69) is 9.97 Å². The Morgan fingerprint density at radius 2 is 2.17 bits per heavy atom. The van der Waals surface area contributed by atoms with E-state index in [-0.39, 0.29) is 6.04 Å². The van der Waals surface area contributed by atoms with Gasteiger partial charge in [0.15, 0.2) is 0 Å². The molecule has 1 heterocycles. The molecule has 4 nitrogen and oxygen atoms in total. The zero-order valence-corrected chi connectivity index (χ0v) is 7.53. The van der Waals surface area contributed by atoms with Gasteiger partial charge in [0.2, 0.25) is 5.88 Å². The van der Waals surface area contributed by atoms with E-state index in [0.717, 1.165) is 5.69 Å². The monoisotopic (exact) mass is 167 g/mol. The lowest BCUT2D eigenvalue weighted by atomic mass is 10.2. The van der Waals surface area contributed by atoms with E-state index < -0.39 is 0 Å². The smallest absolute Gasteiger partial charge is 0.216 e. The summed E-state index contributed by atoms with van der Waals surface area (Å²) in [7, 11) is 1.58. The molecule has 0 saturated carbocycles. The minimum Gasteiger partial charge on any atom is -0.481 e. The van der Waals surface area contributed by atoms with Crippen LogP contribution in [0.2, 0.25) is 0 Å². The van der Waals surface area contributed by atoms with Crippen molar-refractivity contribution in [3.8, 4) is 5.88 Å². The molecular formula is C8H13N3O. The van der Waals surface area contributed by atoms with Crippen molar-refractivity contribution in [1.82, 2.24) is 9.97 Å². The van der Waals surface area contributed by atoms with Crippen LogP contribution in [0, 0.1) is 6.92 Å². The Labute approximate surface area is 71.8 Å². The standard InChI is InChI=1S/C8H13N3O/c1-5(9)7-4-8(12-3)11-6(2)10-7/h4-5H,9H2,1-3H3. The maximum Gasteiger partial charge on any atom is 0.216 e. The number of ether oxygens (including phenoxy) is 1. The van der Waals surface area contributed by atoms with Gasteiger partial charge in [-0.15, -0.1) is 0 Å². The second-order valence-electron chi connectivity index (χ2n) is 2.67. The van der Waals surface area contributed by atoms with Gasteiger partial charge in [0.1, 0.15) is 5.82 Å². The minimum atomic E-state index is -0.0828. The molecule has 4 heteroatoms. The third-order valence-corrected chi connectivity index (χ3v) is 1.51. The summed E-state index contributed by atoms with van der Waals surface area (Å²) in [6, 6.07) is 1.66. The molecular weight excluding hydrogens is 154 g/mol. The molecule has 0 aromatic carbocycles. The van der Waals surface area contributed by atoms with Crippen molar-refractivity contribution in [1.29, 1.82) is 0 Å². The Hall–Kier alpha value is -1.16. The third kappa shape index (κ3) is 1.92. The molecule has 0 spiro atoms. The summed E-state index contributed by atoms with van der Waals surface area (Å²) in [5, 5.41) is 0. The van der Waals surface area contributed by atoms with Crippen LogP contribution in [0.3, 0.4) is 0 Å². The quantitative estimate of drug-likeness (QED) is 0.708. The zero-order valence-electron chi connectivity index (χ0n) is 7.53. The van der Waals surface area contributed by atoms with Crippen LogP contribution in [0.25, 0.3) is 0 Å². The summed E-state index contributed by atoms with van der Waals surface area (Å²) in [6.07, 6.45) is 0. The van der Waals surface area contributed by atoms with E-state index in [4.69, 9.17) is 10.5 Å². The minimum absolute atomic E-state index is 0.0828. The topological polar surface area (TPSA) is 61.0 Å². The predicted octanol–water partition coefficient (Wildman–Crippen LogP) is 0.813. The Morgan fingerprint density at radius 3 is 2.67 bits per heavy atom. The number of hydrogen-bond acceptors (Lipinski definition) is 4. The molecule has 0 aliphatic carbocycles. The van der Waals surface area contributed by atoms with Gasteiger partial charge >= 0.3 is 0 Å². The SMILES string of the molecule is COc1cc(C(C)N)nc(C)n1.